The summed E-state index contributed by atoms with van der Waals surface area (Å²) in [5, 5.41) is 5.97. The zero-order valence-electron chi connectivity index (χ0n) is 14.9. The van der Waals surface area contributed by atoms with Crippen LogP contribution >= 0.6 is 24.0 Å². The topological polar surface area (TPSA) is 56.7 Å². The number of aryl methyl sites for hydroxylation is 1. The van der Waals surface area contributed by atoms with E-state index >= 15 is 0 Å². The predicted octanol–water partition coefficient (Wildman–Crippen LogP) is 2.39. The molecule has 5 nitrogen and oxygen atoms in total. The molecule has 1 rings (SSSR count). The smallest absolute Gasteiger partial charge is 0.227 e. The second kappa shape index (κ2) is 9.75. The molecule has 0 aliphatic carbocycles. The van der Waals surface area contributed by atoms with Crippen LogP contribution < -0.4 is 10.6 Å². The van der Waals surface area contributed by atoms with Gasteiger partial charge in [0.1, 0.15) is 0 Å². The molecule has 6 heteroatoms. The number of aliphatic imine (C=N–C) groups is 1. The van der Waals surface area contributed by atoms with Gasteiger partial charge in [-0.2, -0.15) is 0 Å². The summed E-state index contributed by atoms with van der Waals surface area (Å²) in [7, 11) is 5.40. The normalized spacial score (nSPS) is 11.5. The Kier molecular flexibility index (Phi) is 9.19. The quantitative estimate of drug-likeness (QED) is 0.427. The van der Waals surface area contributed by atoms with Crippen molar-refractivity contribution in [3.63, 3.8) is 0 Å². The molecular formula is C17H29IN4O. The van der Waals surface area contributed by atoms with Gasteiger partial charge in [0, 0.05) is 34.2 Å². The van der Waals surface area contributed by atoms with E-state index < -0.39 is 5.41 Å². The molecule has 0 unspecified atom stereocenters. The Morgan fingerprint density at radius 3 is 2.43 bits per heavy atom. The van der Waals surface area contributed by atoms with E-state index in [2.05, 4.69) is 39.6 Å². The van der Waals surface area contributed by atoms with Crippen molar-refractivity contribution in [2.75, 3.05) is 27.7 Å². The number of hydrogen-bond acceptors (Lipinski definition) is 2. The van der Waals surface area contributed by atoms with E-state index in [0.717, 1.165) is 12.5 Å². The molecule has 130 valence electrons. The lowest BCUT2D eigenvalue weighted by atomic mass is 9.92. The maximum atomic E-state index is 11.8. The zero-order valence-corrected chi connectivity index (χ0v) is 17.3. The number of guanidine groups is 1. The van der Waals surface area contributed by atoms with E-state index in [1.807, 2.05) is 33.0 Å². The van der Waals surface area contributed by atoms with Crippen LogP contribution in [0.2, 0.25) is 0 Å². The number of amides is 1. The Balaban J connectivity index is 0.00000484. The van der Waals surface area contributed by atoms with Gasteiger partial charge < -0.3 is 15.5 Å². The molecule has 0 atom stereocenters. The van der Waals surface area contributed by atoms with Gasteiger partial charge in [0.05, 0.1) is 5.41 Å². The number of carbonyl (C=O) groups excluding carboxylic acids is 1. The average molecular weight is 432 g/mol. The highest BCUT2D eigenvalue weighted by Gasteiger charge is 2.27. The third-order valence-corrected chi connectivity index (χ3v) is 3.77. The summed E-state index contributed by atoms with van der Waals surface area (Å²) < 4.78 is 0. The summed E-state index contributed by atoms with van der Waals surface area (Å²) in [6, 6.07) is 8.31. The van der Waals surface area contributed by atoms with E-state index in [-0.39, 0.29) is 29.9 Å². The molecule has 1 aromatic carbocycles. The van der Waals surface area contributed by atoms with Gasteiger partial charge in [0.15, 0.2) is 5.96 Å². The van der Waals surface area contributed by atoms with E-state index in [4.69, 9.17) is 0 Å². The first-order valence-corrected chi connectivity index (χ1v) is 7.50. The first-order chi connectivity index (χ1) is 10.3. The molecule has 0 aliphatic heterocycles. The van der Waals surface area contributed by atoms with Crippen molar-refractivity contribution in [3.8, 4) is 0 Å². The van der Waals surface area contributed by atoms with Gasteiger partial charge in [0.25, 0.3) is 0 Å². The highest BCUT2D eigenvalue weighted by Crippen LogP contribution is 2.14. The van der Waals surface area contributed by atoms with Crippen molar-refractivity contribution >= 4 is 35.8 Å². The number of rotatable bonds is 5. The summed E-state index contributed by atoms with van der Waals surface area (Å²) in [6.45, 7) is 7.22. The fraction of sp³-hybridized carbons (Fsp3) is 0.529. The number of hydrogen-bond donors (Lipinski definition) is 2. The SMILES string of the molecule is CN=C(NCC(C)(C)C(=O)NC)N(C)Cc1ccccc1C.I. The van der Waals surface area contributed by atoms with E-state index in [9.17, 15) is 4.79 Å². The third-order valence-electron chi connectivity index (χ3n) is 3.77. The van der Waals surface area contributed by atoms with Gasteiger partial charge in [-0.1, -0.05) is 24.3 Å². The van der Waals surface area contributed by atoms with Gasteiger partial charge in [-0.05, 0) is 31.9 Å². The van der Waals surface area contributed by atoms with Crippen LogP contribution in [-0.2, 0) is 11.3 Å². The van der Waals surface area contributed by atoms with Crippen LogP contribution in [0.5, 0.6) is 0 Å². The molecule has 2 N–H and O–H groups in total. The standard InChI is InChI=1S/C17H28N4O.HI/c1-13-9-7-8-10-14(13)11-21(6)16(19-5)20-12-17(2,3)15(22)18-4;/h7-10H,11-12H2,1-6H3,(H,18,22)(H,19,20);1H. The number of nitrogens with zero attached hydrogens (tertiary/aromatic N) is 2. The van der Waals surface area contributed by atoms with Gasteiger partial charge in [0.2, 0.25) is 5.91 Å². The fourth-order valence-corrected chi connectivity index (χ4v) is 2.22. The summed E-state index contributed by atoms with van der Waals surface area (Å²) >= 11 is 0. The summed E-state index contributed by atoms with van der Waals surface area (Å²) in [5.41, 5.74) is 2.03. The van der Waals surface area contributed by atoms with Crippen LogP contribution in [0, 0.1) is 12.3 Å². The van der Waals surface area contributed by atoms with E-state index in [1.54, 1.807) is 14.1 Å². The highest BCUT2D eigenvalue weighted by molar-refractivity contribution is 14.0. The lowest BCUT2D eigenvalue weighted by molar-refractivity contribution is -0.128. The molecule has 0 heterocycles. The van der Waals surface area contributed by atoms with E-state index in [1.165, 1.54) is 11.1 Å². The number of nitrogens with one attached hydrogen (secondary N) is 2. The minimum Gasteiger partial charge on any atom is -0.359 e. The fourth-order valence-electron chi connectivity index (χ4n) is 2.22. The Hall–Kier alpha value is -1.31. The van der Waals surface area contributed by atoms with Crippen LogP contribution in [0.3, 0.4) is 0 Å². The minimum absolute atomic E-state index is 0. The maximum absolute atomic E-state index is 11.8. The largest absolute Gasteiger partial charge is 0.359 e. The molecule has 23 heavy (non-hydrogen) atoms. The Morgan fingerprint density at radius 2 is 1.91 bits per heavy atom. The molecule has 1 aromatic rings. The van der Waals surface area contributed by atoms with Crippen LogP contribution in [-0.4, -0.2) is 44.5 Å². The van der Waals surface area contributed by atoms with Crippen LogP contribution in [0.25, 0.3) is 0 Å². The van der Waals surface area contributed by atoms with Gasteiger partial charge in [-0.15, -0.1) is 24.0 Å². The van der Waals surface area contributed by atoms with Crippen molar-refractivity contribution in [1.82, 2.24) is 15.5 Å². The maximum Gasteiger partial charge on any atom is 0.227 e. The summed E-state index contributed by atoms with van der Waals surface area (Å²) in [6.07, 6.45) is 0. The molecule has 0 saturated carbocycles. The van der Waals surface area contributed by atoms with Crippen molar-refractivity contribution in [3.05, 3.63) is 35.4 Å². The zero-order chi connectivity index (χ0) is 16.8. The molecule has 0 radical (unpaired) electrons. The van der Waals surface area contributed by atoms with Gasteiger partial charge in [-0.3, -0.25) is 9.79 Å². The molecule has 0 spiro atoms. The first-order valence-electron chi connectivity index (χ1n) is 7.50. The van der Waals surface area contributed by atoms with Crippen molar-refractivity contribution < 1.29 is 4.79 Å². The average Bonchev–Trinajstić information content (AvgIpc) is 2.49. The van der Waals surface area contributed by atoms with Crippen LogP contribution in [0.15, 0.2) is 29.3 Å². The second-order valence-electron chi connectivity index (χ2n) is 6.15. The van der Waals surface area contributed by atoms with Crippen LogP contribution in [0.4, 0.5) is 0 Å². The molecule has 1 amide bonds. The number of carbonyl (C=O) groups is 1. The third kappa shape index (κ3) is 6.37. The van der Waals surface area contributed by atoms with Gasteiger partial charge >= 0.3 is 0 Å². The molecule has 0 fully saturated rings. The van der Waals surface area contributed by atoms with E-state index in [0.29, 0.717) is 6.54 Å². The lowest BCUT2D eigenvalue weighted by Gasteiger charge is -2.28. The van der Waals surface area contributed by atoms with Gasteiger partial charge in [-0.25, -0.2) is 0 Å². The summed E-state index contributed by atoms with van der Waals surface area (Å²) in [5.74, 6) is 0.789. The lowest BCUT2D eigenvalue weighted by Crippen LogP contribution is -2.47. The van der Waals surface area contributed by atoms with Crippen molar-refractivity contribution in [2.45, 2.75) is 27.3 Å². The molecular weight excluding hydrogens is 403 g/mol. The Bertz CT molecular complexity index is 543. The van der Waals surface area contributed by atoms with Crippen molar-refractivity contribution in [2.24, 2.45) is 10.4 Å². The second-order valence-corrected chi connectivity index (χ2v) is 6.15. The first kappa shape index (κ1) is 21.7. The number of benzene rings is 1. The Labute approximate surface area is 157 Å². The molecule has 0 bridgehead atoms. The molecule has 0 saturated heterocycles. The molecule has 0 aliphatic rings. The Morgan fingerprint density at radius 1 is 1.30 bits per heavy atom. The highest BCUT2D eigenvalue weighted by atomic mass is 127. The predicted molar refractivity (Wildman–Crippen MR) is 107 cm³/mol. The summed E-state index contributed by atoms with van der Waals surface area (Å²) in [4.78, 5) is 18.2. The number of halogens is 1. The van der Waals surface area contributed by atoms with Crippen molar-refractivity contribution in [1.29, 1.82) is 0 Å². The minimum atomic E-state index is -0.492. The molecule has 0 aromatic heterocycles. The van der Waals surface area contributed by atoms with Crippen LogP contribution in [0.1, 0.15) is 25.0 Å². The monoisotopic (exact) mass is 432 g/mol.